The van der Waals surface area contributed by atoms with Crippen molar-refractivity contribution in [1.82, 2.24) is 15.1 Å². The minimum atomic E-state index is 0.905. The zero-order chi connectivity index (χ0) is 10.7. The van der Waals surface area contributed by atoms with Crippen LogP contribution in [0.4, 0.5) is 5.13 Å². The van der Waals surface area contributed by atoms with E-state index < -0.39 is 0 Å². The van der Waals surface area contributed by atoms with E-state index in [1.165, 1.54) is 25.8 Å². The Morgan fingerprint density at radius 3 is 2.80 bits per heavy atom. The summed E-state index contributed by atoms with van der Waals surface area (Å²) < 4.78 is 0. The van der Waals surface area contributed by atoms with Crippen LogP contribution in [0.2, 0.25) is 0 Å². The molecule has 0 saturated heterocycles. The van der Waals surface area contributed by atoms with E-state index in [0.717, 1.165) is 22.6 Å². The summed E-state index contributed by atoms with van der Waals surface area (Å²) in [6.45, 7) is 2.13. The van der Waals surface area contributed by atoms with Gasteiger partial charge in [-0.1, -0.05) is 17.8 Å². The molecule has 1 saturated carbocycles. The Morgan fingerprint density at radius 1 is 1.47 bits per heavy atom. The lowest BCUT2D eigenvalue weighted by Crippen LogP contribution is -2.29. The van der Waals surface area contributed by atoms with Crippen LogP contribution in [0.3, 0.4) is 0 Å². The second-order valence-corrected chi connectivity index (χ2v) is 5.31. The van der Waals surface area contributed by atoms with Gasteiger partial charge in [0.2, 0.25) is 5.13 Å². The molecule has 0 bridgehead atoms. The number of nitrogens with zero attached hydrogens (tertiary/aromatic N) is 3. The lowest BCUT2D eigenvalue weighted by molar-refractivity contribution is 0.200. The van der Waals surface area contributed by atoms with Gasteiger partial charge in [0, 0.05) is 13.6 Å². The minimum Gasteiger partial charge on any atom is -0.363 e. The van der Waals surface area contributed by atoms with Gasteiger partial charge in [0.05, 0.1) is 6.54 Å². The van der Waals surface area contributed by atoms with Gasteiger partial charge >= 0.3 is 0 Å². The summed E-state index contributed by atoms with van der Waals surface area (Å²) in [5.74, 6) is 0.923. The fraction of sp³-hybridized carbons (Fsp3) is 0.800. The molecule has 1 fully saturated rings. The highest BCUT2D eigenvalue weighted by Gasteiger charge is 2.19. The van der Waals surface area contributed by atoms with E-state index in [0.29, 0.717) is 0 Å². The molecule has 5 heteroatoms. The molecular formula is C10H18N4S. The van der Waals surface area contributed by atoms with Crippen LogP contribution >= 0.6 is 11.3 Å². The third kappa shape index (κ3) is 2.89. The van der Waals surface area contributed by atoms with Crippen LogP contribution < -0.4 is 5.32 Å². The molecule has 0 aromatic carbocycles. The predicted octanol–water partition coefficient (Wildman–Crippen LogP) is 1.81. The first-order valence-electron chi connectivity index (χ1n) is 5.46. The van der Waals surface area contributed by atoms with Gasteiger partial charge in [0.15, 0.2) is 0 Å². The molecule has 1 aliphatic carbocycles. The van der Waals surface area contributed by atoms with E-state index in [1.54, 1.807) is 11.3 Å². The van der Waals surface area contributed by atoms with Crippen molar-refractivity contribution in [2.45, 2.75) is 25.8 Å². The van der Waals surface area contributed by atoms with Crippen molar-refractivity contribution in [3.63, 3.8) is 0 Å². The number of nitrogens with one attached hydrogen (secondary N) is 1. The topological polar surface area (TPSA) is 41.1 Å². The number of aromatic nitrogens is 2. The first-order chi connectivity index (χ1) is 7.28. The Balaban J connectivity index is 1.79. The fourth-order valence-corrected chi connectivity index (χ4v) is 2.60. The van der Waals surface area contributed by atoms with Crippen LogP contribution in [0, 0.1) is 5.92 Å². The lowest BCUT2D eigenvalue weighted by atomic mass is 9.85. The molecule has 1 N–H and O–H groups in total. The normalized spacial score (nSPS) is 16.7. The molecule has 0 radical (unpaired) electrons. The van der Waals surface area contributed by atoms with Gasteiger partial charge < -0.3 is 5.32 Å². The van der Waals surface area contributed by atoms with Crippen molar-refractivity contribution in [2.75, 3.05) is 26.0 Å². The molecule has 0 unspecified atom stereocenters. The molecule has 0 aliphatic heterocycles. The van der Waals surface area contributed by atoms with Crippen LogP contribution in [0.15, 0.2) is 0 Å². The van der Waals surface area contributed by atoms with Crippen molar-refractivity contribution >= 4 is 16.5 Å². The van der Waals surface area contributed by atoms with Gasteiger partial charge in [-0.3, -0.25) is 4.90 Å². The quantitative estimate of drug-likeness (QED) is 0.831. The van der Waals surface area contributed by atoms with E-state index in [4.69, 9.17) is 0 Å². The maximum absolute atomic E-state index is 4.14. The molecule has 0 amide bonds. The standard InChI is InChI=1S/C10H18N4S/c1-11-10-13-12-9(15-10)7-14(2)6-8-4-3-5-8/h8H,3-7H2,1-2H3,(H,11,13). The minimum absolute atomic E-state index is 0.905. The maximum Gasteiger partial charge on any atom is 0.205 e. The second kappa shape index (κ2) is 4.90. The first-order valence-corrected chi connectivity index (χ1v) is 6.28. The van der Waals surface area contributed by atoms with Crippen molar-refractivity contribution < 1.29 is 0 Å². The number of anilines is 1. The van der Waals surface area contributed by atoms with Crippen molar-refractivity contribution in [1.29, 1.82) is 0 Å². The molecule has 1 heterocycles. The van der Waals surface area contributed by atoms with E-state index in [9.17, 15) is 0 Å². The van der Waals surface area contributed by atoms with Crippen molar-refractivity contribution in [2.24, 2.45) is 5.92 Å². The molecule has 4 nitrogen and oxygen atoms in total. The van der Waals surface area contributed by atoms with Crippen LogP contribution in [-0.4, -0.2) is 35.7 Å². The van der Waals surface area contributed by atoms with Gasteiger partial charge in [-0.05, 0) is 25.8 Å². The monoisotopic (exact) mass is 226 g/mol. The molecule has 84 valence electrons. The third-order valence-corrected chi connectivity index (χ3v) is 3.81. The fourth-order valence-electron chi connectivity index (χ4n) is 1.83. The molecule has 0 atom stereocenters. The third-order valence-electron chi connectivity index (χ3n) is 2.88. The molecular weight excluding hydrogens is 208 g/mol. The Hall–Kier alpha value is -0.680. The summed E-state index contributed by atoms with van der Waals surface area (Å²) in [5, 5.41) is 13.2. The molecule has 1 aromatic heterocycles. The molecule has 1 aromatic rings. The maximum atomic E-state index is 4.14. The number of rotatable bonds is 5. The van der Waals surface area contributed by atoms with Gasteiger partial charge in [-0.15, -0.1) is 10.2 Å². The lowest BCUT2D eigenvalue weighted by Gasteiger charge is -2.29. The van der Waals surface area contributed by atoms with E-state index in [1.807, 2.05) is 7.05 Å². The van der Waals surface area contributed by atoms with Crippen LogP contribution in [-0.2, 0) is 6.54 Å². The van der Waals surface area contributed by atoms with Crippen LogP contribution in [0.25, 0.3) is 0 Å². The Bertz CT molecular complexity index is 308. The molecule has 0 spiro atoms. The zero-order valence-corrected chi connectivity index (χ0v) is 10.2. The smallest absolute Gasteiger partial charge is 0.205 e. The van der Waals surface area contributed by atoms with Gasteiger partial charge in [0.1, 0.15) is 5.01 Å². The van der Waals surface area contributed by atoms with Gasteiger partial charge in [0.25, 0.3) is 0 Å². The summed E-state index contributed by atoms with van der Waals surface area (Å²) >= 11 is 1.64. The predicted molar refractivity (Wildman–Crippen MR) is 63.1 cm³/mol. The van der Waals surface area contributed by atoms with Crippen LogP contribution in [0.1, 0.15) is 24.3 Å². The van der Waals surface area contributed by atoms with Gasteiger partial charge in [-0.25, -0.2) is 0 Å². The van der Waals surface area contributed by atoms with Crippen molar-refractivity contribution in [3.05, 3.63) is 5.01 Å². The highest BCUT2D eigenvalue weighted by molar-refractivity contribution is 7.15. The summed E-state index contributed by atoms with van der Waals surface area (Å²) in [7, 11) is 4.04. The van der Waals surface area contributed by atoms with E-state index in [2.05, 4.69) is 27.5 Å². The summed E-state index contributed by atoms with van der Waals surface area (Å²) in [6, 6.07) is 0. The van der Waals surface area contributed by atoms with E-state index in [-0.39, 0.29) is 0 Å². The molecule has 1 aliphatic rings. The van der Waals surface area contributed by atoms with Crippen molar-refractivity contribution in [3.8, 4) is 0 Å². The summed E-state index contributed by atoms with van der Waals surface area (Å²) in [4.78, 5) is 2.35. The average molecular weight is 226 g/mol. The zero-order valence-electron chi connectivity index (χ0n) is 9.36. The number of hydrogen-bond donors (Lipinski definition) is 1. The first kappa shape index (κ1) is 10.8. The largest absolute Gasteiger partial charge is 0.363 e. The summed E-state index contributed by atoms with van der Waals surface area (Å²) in [5.41, 5.74) is 0. The van der Waals surface area contributed by atoms with E-state index >= 15 is 0 Å². The second-order valence-electron chi connectivity index (χ2n) is 4.24. The molecule has 2 rings (SSSR count). The van der Waals surface area contributed by atoms with Crippen LogP contribution in [0.5, 0.6) is 0 Å². The number of hydrogen-bond acceptors (Lipinski definition) is 5. The highest BCUT2D eigenvalue weighted by atomic mass is 32.1. The Labute approximate surface area is 94.7 Å². The Morgan fingerprint density at radius 2 is 2.27 bits per heavy atom. The van der Waals surface area contributed by atoms with Gasteiger partial charge in [-0.2, -0.15) is 0 Å². The SMILES string of the molecule is CNc1nnc(CN(C)CC2CCC2)s1. The highest BCUT2D eigenvalue weighted by Crippen LogP contribution is 2.27. The Kier molecular flexibility index (Phi) is 3.53. The molecule has 15 heavy (non-hydrogen) atoms. The average Bonchev–Trinajstić information content (AvgIpc) is 2.59. The summed E-state index contributed by atoms with van der Waals surface area (Å²) in [6.07, 6.45) is 4.23.